The highest BCUT2D eigenvalue weighted by atomic mass is 35.5. The van der Waals surface area contributed by atoms with Gasteiger partial charge in [-0.1, -0.05) is 17.7 Å². The zero-order chi connectivity index (χ0) is 34.9. The van der Waals surface area contributed by atoms with E-state index in [9.17, 15) is 26.8 Å². The molecule has 48 heavy (non-hydrogen) atoms. The fourth-order valence-electron chi connectivity index (χ4n) is 5.25. The van der Waals surface area contributed by atoms with Gasteiger partial charge in [-0.2, -0.15) is 10.2 Å². The lowest BCUT2D eigenvalue weighted by molar-refractivity contribution is -0.122. The number of allylic oxidation sites excluding steroid dienone is 1. The molecule has 0 bridgehead atoms. The van der Waals surface area contributed by atoms with Crippen LogP contribution in [0.4, 0.5) is 26.2 Å². The van der Waals surface area contributed by atoms with Gasteiger partial charge in [0.1, 0.15) is 29.8 Å². The summed E-state index contributed by atoms with van der Waals surface area (Å²) >= 11 is 6.55. The van der Waals surface area contributed by atoms with Crippen LogP contribution < -0.4 is 21.3 Å². The number of nitrogen functional groups attached to an aromatic ring is 1. The molecule has 0 aliphatic heterocycles. The summed E-state index contributed by atoms with van der Waals surface area (Å²) in [5.41, 5.74) is 5.56. The zero-order valence-electron chi connectivity index (χ0n) is 25.8. The third-order valence-electron chi connectivity index (χ3n) is 7.02. The van der Waals surface area contributed by atoms with Crippen molar-refractivity contribution in [2.24, 2.45) is 12.0 Å². The molecule has 5 rings (SSSR count). The van der Waals surface area contributed by atoms with Crippen LogP contribution in [0.3, 0.4) is 0 Å². The Balaban J connectivity index is 1.81. The van der Waals surface area contributed by atoms with Crippen molar-refractivity contribution in [3.63, 3.8) is 0 Å². The lowest BCUT2D eigenvalue weighted by atomic mass is 10.0. The summed E-state index contributed by atoms with van der Waals surface area (Å²) < 4.78 is 59.1. The first-order valence-electron chi connectivity index (χ1n) is 14.1. The number of aromatic nitrogens is 6. The average Bonchev–Trinajstić information content (AvgIpc) is 3.54. The zero-order valence-corrected chi connectivity index (χ0v) is 27.4. The van der Waals surface area contributed by atoms with Crippen molar-refractivity contribution in [2.45, 2.75) is 25.9 Å². The first-order valence-corrected chi connectivity index (χ1v) is 16.4. The minimum absolute atomic E-state index is 0.0323. The van der Waals surface area contributed by atoms with Crippen LogP contribution in [-0.2, 0) is 34.8 Å². The number of hydrogen-bond acceptors (Lipinski definition) is 9. The Bertz CT molecular complexity index is 2260. The van der Waals surface area contributed by atoms with Crippen molar-refractivity contribution in [1.82, 2.24) is 34.4 Å². The number of benzene rings is 2. The Morgan fingerprint density at radius 3 is 2.50 bits per heavy atom. The second-order valence-electron chi connectivity index (χ2n) is 10.7. The normalized spacial score (nSPS) is 12.5. The van der Waals surface area contributed by atoms with Crippen LogP contribution in [0.2, 0.25) is 5.02 Å². The first kappa shape index (κ1) is 33.9. The third kappa shape index (κ3) is 7.11. The van der Waals surface area contributed by atoms with E-state index in [1.165, 1.54) is 51.5 Å². The highest BCUT2D eigenvalue weighted by molar-refractivity contribution is 7.92. The van der Waals surface area contributed by atoms with E-state index in [2.05, 4.69) is 36.9 Å². The Morgan fingerprint density at radius 1 is 1.19 bits per heavy atom. The number of carbonyl (C=O) groups is 1. The second-order valence-corrected chi connectivity index (χ2v) is 12.8. The van der Waals surface area contributed by atoms with Gasteiger partial charge in [0.05, 0.1) is 39.5 Å². The van der Waals surface area contributed by atoms with E-state index in [1.54, 1.807) is 13.0 Å². The van der Waals surface area contributed by atoms with Gasteiger partial charge in [-0.05, 0) is 55.6 Å². The summed E-state index contributed by atoms with van der Waals surface area (Å²) in [5.74, 6) is -2.42. The molecule has 3 heterocycles. The molecular formula is C30H29ClF2N10O4S. The fourth-order valence-corrected chi connectivity index (χ4v) is 5.98. The molecule has 18 heteroatoms. The summed E-state index contributed by atoms with van der Waals surface area (Å²) in [7, 11) is -2.28. The molecule has 0 unspecified atom stereocenters. The molecule has 5 aromatic rings. The van der Waals surface area contributed by atoms with E-state index in [4.69, 9.17) is 17.3 Å². The Hall–Kier alpha value is -5.42. The number of nitrogens with one attached hydrogen (secondary N) is 2. The molecule has 1 atom stereocenters. The third-order valence-corrected chi connectivity index (χ3v) is 7.90. The van der Waals surface area contributed by atoms with Crippen molar-refractivity contribution in [1.29, 1.82) is 0 Å². The van der Waals surface area contributed by atoms with Gasteiger partial charge in [-0.15, -0.1) is 0 Å². The molecule has 0 aliphatic carbocycles. The number of hydrogen-bond donors (Lipinski definition) is 3. The second kappa shape index (κ2) is 13.4. The number of nitrogens with two attached hydrogens (primary N) is 1. The van der Waals surface area contributed by atoms with Gasteiger partial charge in [0.15, 0.2) is 11.6 Å². The van der Waals surface area contributed by atoms with Gasteiger partial charge >= 0.3 is 0 Å². The summed E-state index contributed by atoms with van der Waals surface area (Å²) in [4.78, 5) is 36.4. The lowest BCUT2D eigenvalue weighted by Crippen LogP contribution is -2.38. The summed E-state index contributed by atoms with van der Waals surface area (Å²) in [5, 5.41) is 11.4. The van der Waals surface area contributed by atoms with Crippen molar-refractivity contribution in [3.05, 3.63) is 92.6 Å². The van der Waals surface area contributed by atoms with Crippen LogP contribution in [0.5, 0.6) is 0 Å². The topological polar surface area (TPSA) is 184 Å². The van der Waals surface area contributed by atoms with Gasteiger partial charge < -0.3 is 11.1 Å². The quantitative estimate of drug-likeness (QED) is 0.175. The van der Waals surface area contributed by atoms with Crippen LogP contribution in [0.1, 0.15) is 29.9 Å². The van der Waals surface area contributed by atoms with E-state index < -0.39 is 39.2 Å². The van der Waals surface area contributed by atoms with Crippen molar-refractivity contribution < 1.29 is 22.0 Å². The molecular weight excluding hydrogens is 670 g/mol. The molecule has 0 spiro atoms. The number of aliphatic imine (C=N–C) groups is 1. The number of sulfonamides is 1. The predicted octanol–water partition coefficient (Wildman–Crippen LogP) is 3.67. The minimum Gasteiger partial charge on any atom is -0.382 e. The summed E-state index contributed by atoms with van der Waals surface area (Å²) in [6, 6.07) is 6.09. The maximum absolute atomic E-state index is 14.4. The molecule has 4 N–H and O–H groups in total. The standard InChI is InChI=1S/C30H29ClF2N10O4S/c1-5-6-19-27(35-2)37-29(21(13-16-11-17(32)14-18(33)12-16)36-24(44)15-42-10-9-23(34)38-42)43(30(19)45)22-8-7-20(31)25-26(22)41(3)39-28(25)40-48(4,46)47/h5-12,14,21H,2,13,15H2,1,3-4H3,(H2,34,38)(H,36,44)(H,39,40)/b6-5-/t21-/m0/s1. The highest BCUT2D eigenvalue weighted by Gasteiger charge is 2.28. The Morgan fingerprint density at radius 2 is 1.90 bits per heavy atom. The van der Waals surface area contributed by atoms with Crippen molar-refractivity contribution in [2.75, 3.05) is 16.7 Å². The van der Waals surface area contributed by atoms with E-state index in [0.29, 0.717) is 6.07 Å². The lowest BCUT2D eigenvalue weighted by Gasteiger charge is -2.24. The van der Waals surface area contributed by atoms with Crippen LogP contribution in [0.15, 0.2) is 58.5 Å². The van der Waals surface area contributed by atoms with E-state index in [1.807, 2.05) is 0 Å². The molecule has 250 valence electrons. The number of rotatable bonds is 11. The number of amides is 1. The highest BCUT2D eigenvalue weighted by Crippen LogP contribution is 2.36. The number of halogens is 3. The maximum Gasteiger partial charge on any atom is 0.267 e. The number of nitrogens with zero attached hydrogens (tertiary/aromatic N) is 7. The van der Waals surface area contributed by atoms with Crippen LogP contribution in [-0.4, -0.2) is 56.4 Å². The molecule has 0 saturated heterocycles. The first-order chi connectivity index (χ1) is 22.7. The van der Waals surface area contributed by atoms with Gasteiger partial charge in [0.25, 0.3) is 5.56 Å². The smallest absolute Gasteiger partial charge is 0.267 e. The van der Waals surface area contributed by atoms with Gasteiger partial charge in [-0.3, -0.25) is 28.2 Å². The predicted molar refractivity (Wildman–Crippen MR) is 179 cm³/mol. The molecule has 0 radical (unpaired) electrons. The molecule has 14 nitrogen and oxygen atoms in total. The number of anilines is 2. The van der Waals surface area contributed by atoms with Crippen LogP contribution >= 0.6 is 11.6 Å². The Kier molecular flexibility index (Phi) is 9.45. The maximum atomic E-state index is 14.4. The van der Waals surface area contributed by atoms with E-state index in [-0.39, 0.29) is 69.0 Å². The van der Waals surface area contributed by atoms with Gasteiger partial charge in [-0.25, -0.2) is 27.2 Å². The number of aryl methyl sites for hydroxylation is 1. The molecule has 3 aromatic heterocycles. The summed E-state index contributed by atoms with van der Waals surface area (Å²) in [6.07, 6.45) is 5.27. The van der Waals surface area contributed by atoms with E-state index >= 15 is 0 Å². The molecule has 2 aromatic carbocycles. The Labute approximate surface area is 277 Å². The fraction of sp³-hybridized carbons (Fsp3) is 0.200. The number of carbonyl (C=O) groups excluding carboxylic acids is 1. The largest absolute Gasteiger partial charge is 0.382 e. The van der Waals surface area contributed by atoms with Crippen LogP contribution in [0, 0.1) is 11.6 Å². The van der Waals surface area contributed by atoms with Crippen LogP contribution in [0.25, 0.3) is 22.7 Å². The van der Waals surface area contributed by atoms with E-state index in [0.717, 1.165) is 18.4 Å². The summed E-state index contributed by atoms with van der Waals surface area (Å²) in [6.45, 7) is 4.94. The molecule has 1 amide bonds. The van der Waals surface area contributed by atoms with Gasteiger partial charge in [0.2, 0.25) is 15.9 Å². The molecule has 0 fully saturated rings. The van der Waals surface area contributed by atoms with Crippen molar-refractivity contribution in [3.8, 4) is 5.69 Å². The average molecular weight is 699 g/mol. The molecule has 0 aliphatic rings. The monoisotopic (exact) mass is 698 g/mol. The number of fused-ring (bicyclic) bond motifs is 1. The minimum atomic E-state index is -3.80. The van der Waals surface area contributed by atoms with Crippen molar-refractivity contribution >= 4 is 68.7 Å². The molecule has 0 saturated carbocycles. The SMILES string of the molecule is C=Nc1nc([C@H](Cc2cc(F)cc(F)c2)NC(=O)Cn2ccc(N)n2)n(-c2ccc(Cl)c3c(NS(C)(=O)=O)nn(C)c23)c(=O)c1/C=C\C. The van der Waals surface area contributed by atoms with Gasteiger partial charge in [0, 0.05) is 25.7 Å².